The lowest BCUT2D eigenvalue weighted by Gasteiger charge is -2.21. The van der Waals surface area contributed by atoms with Gasteiger partial charge in [-0.1, -0.05) is 0 Å². The van der Waals surface area contributed by atoms with E-state index >= 15 is 0 Å². The van der Waals surface area contributed by atoms with Crippen molar-refractivity contribution in [3.8, 4) is 23.4 Å². The average Bonchev–Trinajstić information content (AvgIpc) is 3.17. The first kappa shape index (κ1) is 17.5. The van der Waals surface area contributed by atoms with E-state index in [0.29, 0.717) is 37.7 Å². The van der Waals surface area contributed by atoms with Crippen LogP contribution in [0.15, 0.2) is 35.5 Å². The Hall–Kier alpha value is -2.90. The van der Waals surface area contributed by atoms with Gasteiger partial charge in [-0.25, -0.2) is 18.4 Å². The lowest BCUT2D eigenvalue weighted by atomic mass is 10.3. The van der Waals surface area contributed by atoms with Gasteiger partial charge in [-0.15, -0.1) is 0 Å². The fourth-order valence-corrected chi connectivity index (χ4v) is 4.49. The SMILES string of the molecule is N#Cc1nccnc1OC1CCN(S(=O)(=O)c2ccc3c(c2)OCCO3)C1. The summed E-state index contributed by atoms with van der Waals surface area (Å²) in [7, 11) is -3.70. The second-order valence-corrected chi connectivity index (χ2v) is 7.96. The molecule has 0 bridgehead atoms. The third-order valence-electron chi connectivity index (χ3n) is 4.31. The van der Waals surface area contributed by atoms with Crippen molar-refractivity contribution in [2.75, 3.05) is 26.3 Å². The Morgan fingerprint density at radius 1 is 1.19 bits per heavy atom. The van der Waals surface area contributed by atoms with Crippen LogP contribution in [0.5, 0.6) is 17.4 Å². The molecule has 0 spiro atoms. The molecular formula is C17H16N4O5S. The minimum absolute atomic E-state index is 0.0747. The van der Waals surface area contributed by atoms with E-state index < -0.39 is 16.1 Å². The van der Waals surface area contributed by atoms with Crippen molar-refractivity contribution in [3.63, 3.8) is 0 Å². The third-order valence-corrected chi connectivity index (χ3v) is 6.17. The largest absolute Gasteiger partial charge is 0.486 e. The topological polar surface area (TPSA) is 115 Å². The lowest BCUT2D eigenvalue weighted by molar-refractivity contribution is 0.171. The maximum atomic E-state index is 12.9. The Kier molecular flexibility index (Phi) is 4.55. The first-order valence-corrected chi connectivity index (χ1v) is 9.79. The molecule has 0 radical (unpaired) electrons. The van der Waals surface area contributed by atoms with Crippen molar-refractivity contribution >= 4 is 10.0 Å². The van der Waals surface area contributed by atoms with Crippen LogP contribution in [0.1, 0.15) is 12.1 Å². The summed E-state index contributed by atoms with van der Waals surface area (Å²) in [6.07, 6.45) is 2.92. The number of benzene rings is 1. The Labute approximate surface area is 156 Å². The minimum atomic E-state index is -3.70. The second kappa shape index (κ2) is 7.02. The zero-order valence-corrected chi connectivity index (χ0v) is 15.1. The van der Waals surface area contributed by atoms with Gasteiger partial charge in [0.1, 0.15) is 25.4 Å². The van der Waals surface area contributed by atoms with E-state index in [1.807, 2.05) is 6.07 Å². The number of ether oxygens (including phenoxy) is 3. The van der Waals surface area contributed by atoms with Gasteiger partial charge in [-0.3, -0.25) is 0 Å². The van der Waals surface area contributed by atoms with E-state index in [1.165, 1.54) is 28.8 Å². The molecule has 1 atom stereocenters. The van der Waals surface area contributed by atoms with Crippen LogP contribution in [-0.2, 0) is 10.0 Å². The Morgan fingerprint density at radius 2 is 1.96 bits per heavy atom. The molecule has 4 rings (SSSR count). The molecular weight excluding hydrogens is 372 g/mol. The highest BCUT2D eigenvalue weighted by Crippen LogP contribution is 2.34. The maximum absolute atomic E-state index is 12.9. The van der Waals surface area contributed by atoms with Gasteiger partial charge in [0.25, 0.3) is 5.88 Å². The number of aromatic nitrogens is 2. The molecule has 10 heteroatoms. The number of nitrogens with zero attached hydrogens (tertiary/aromatic N) is 4. The van der Waals surface area contributed by atoms with Gasteiger partial charge in [0.15, 0.2) is 11.5 Å². The molecule has 0 aliphatic carbocycles. The van der Waals surface area contributed by atoms with E-state index in [9.17, 15) is 8.42 Å². The fourth-order valence-electron chi connectivity index (χ4n) is 2.99. The second-order valence-electron chi connectivity index (χ2n) is 6.02. The van der Waals surface area contributed by atoms with Gasteiger partial charge in [0.2, 0.25) is 15.7 Å². The van der Waals surface area contributed by atoms with E-state index in [0.717, 1.165) is 0 Å². The van der Waals surface area contributed by atoms with Crippen LogP contribution in [0.25, 0.3) is 0 Å². The number of hydrogen-bond acceptors (Lipinski definition) is 8. The molecule has 1 unspecified atom stereocenters. The summed E-state index contributed by atoms with van der Waals surface area (Å²) < 4.78 is 43.8. The Morgan fingerprint density at radius 3 is 2.78 bits per heavy atom. The monoisotopic (exact) mass is 388 g/mol. The molecule has 0 amide bonds. The smallest absolute Gasteiger partial charge is 0.251 e. The standard InChI is InChI=1S/C17H16N4O5S/c18-10-14-17(20-5-4-19-14)26-12-3-6-21(11-12)27(22,23)13-1-2-15-16(9-13)25-8-7-24-15/h1-2,4-5,9,12H,3,6-8,11H2. The van der Waals surface area contributed by atoms with Crippen LogP contribution >= 0.6 is 0 Å². The molecule has 0 saturated carbocycles. The van der Waals surface area contributed by atoms with Crippen molar-refractivity contribution in [2.24, 2.45) is 0 Å². The van der Waals surface area contributed by atoms with Gasteiger partial charge in [0, 0.05) is 25.0 Å². The molecule has 27 heavy (non-hydrogen) atoms. The number of nitriles is 1. The molecule has 1 aromatic carbocycles. The van der Waals surface area contributed by atoms with E-state index in [2.05, 4.69) is 9.97 Å². The van der Waals surface area contributed by atoms with Crippen molar-refractivity contribution in [3.05, 3.63) is 36.3 Å². The summed E-state index contributed by atoms with van der Waals surface area (Å²) >= 11 is 0. The lowest BCUT2D eigenvalue weighted by Crippen LogP contribution is -2.31. The quantitative estimate of drug-likeness (QED) is 0.761. The van der Waals surface area contributed by atoms with Gasteiger partial charge in [0.05, 0.1) is 11.4 Å². The molecule has 2 aliphatic heterocycles. The Balaban J connectivity index is 1.50. The van der Waals surface area contributed by atoms with Crippen LogP contribution in [0.2, 0.25) is 0 Å². The maximum Gasteiger partial charge on any atom is 0.251 e. The van der Waals surface area contributed by atoms with E-state index in [1.54, 1.807) is 6.07 Å². The zero-order valence-electron chi connectivity index (χ0n) is 14.2. The first-order valence-electron chi connectivity index (χ1n) is 8.35. The number of fused-ring (bicyclic) bond motifs is 1. The summed E-state index contributed by atoms with van der Waals surface area (Å²) in [5, 5.41) is 9.06. The van der Waals surface area contributed by atoms with Crippen LogP contribution in [-0.4, -0.2) is 55.1 Å². The summed E-state index contributed by atoms with van der Waals surface area (Å²) in [5.41, 5.74) is 0.0747. The fraction of sp³-hybridized carbons (Fsp3) is 0.353. The van der Waals surface area contributed by atoms with Gasteiger partial charge < -0.3 is 14.2 Å². The molecule has 2 aliphatic rings. The number of rotatable bonds is 4. The number of sulfonamides is 1. The summed E-state index contributed by atoms with van der Waals surface area (Å²) in [6, 6.07) is 6.50. The average molecular weight is 388 g/mol. The van der Waals surface area contributed by atoms with Crippen LogP contribution in [0.3, 0.4) is 0 Å². The molecule has 1 saturated heterocycles. The van der Waals surface area contributed by atoms with Crippen molar-refractivity contribution in [1.29, 1.82) is 5.26 Å². The van der Waals surface area contributed by atoms with Gasteiger partial charge >= 0.3 is 0 Å². The third kappa shape index (κ3) is 3.39. The molecule has 0 N–H and O–H groups in total. The van der Waals surface area contributed by atoms with Gasteiger partial charge in [-0.05, 0) is 18.6 Å². The van der Waals surface area contributed by atoms with E-state index in [-0.39, 0.29) is 23.0 Å². The van der Waals surface area contributed by atoms with Crippen LogP contribution in [0.4, 0.5) is 0 Å². The zero-order chi connectivity index (χ0) is 18.9. The highest BCUT2D eigenvalue weighted by atomic mass is 32.2. The minimum Gasteiger partial charge on any atom is -0.486 e. The van der Waals surface area contributed by atoms with Crippen molar-refractivity contribution < 1.29 is 22.6 Å². The summed E-state index contributed by atoms with van der Waals surface area (Å²) in [6.45, 7) is 1.30. The summed E-state index contributed by atoms with van der Waals surface area (Å²) in [5.74, 6) is 1.07. The van der Waals surface area contributed by atoms with Crippen LogP contribution in [0, 0.1) is 11.3 Å². The molecule has 1 fully saturated rings. The first-order chi connectivity index (χ1) is 13.1. The molecule has 1 aromatic heterocycles. The van der Waals surface area contributed by atoms with Gasteiger partial charge in [-0.2, -0.15) is 9.57 Å². The predicted molar refractivity (Wildman–Crippen MR) is 92.0 cm³/mol. The highest BCUT2D eigenvalue weighted by Gasteiger charge is 2.35. The normalized spacial score (nSPS) is 19.4. The highest BCUT2D eigenvalue weighted by molar-refractivity contribution is 7.89. The number of hydrogen-bond donors (Lipinski definition) is 0. The molecule has 3 heterocycles. The molecule has 140 valence electrons. The summed E-state index contributed by atoms with van der Waals surface area (Å²) in [4.78, 5) is 8.03. The molecule has 9 nitrogen and oxygen atoms in total. The Bertz CT molecular complexity index is 1000. The van der Waals surface area contributed by atoms with Crippen molar-refractivity contribution in [2.45, 2.75) is 17.4 Å². The predicted octanol–water partition coefficient (Wildman–Crippen LogP) is 0.961. The van der Waals surface area contributed by atoms with Crippen molar-refractivity contribution in [1.82, 2.24) is 14.3 Å². The molecule has 2 aromatic rings. The van der Waals surface area contributed by atoms with Crippen LogP contribution < -0.4 is 14.2 Å². The van der Waals surface area contributed by atoms with E-state index in [4.69, 9.17) is 19.5 Å².